The zero-order valence-corrected chi connectivity index (χ0v) is 11.0. The highest BCUT2D eigenvalue weighted by Crippen LogP contribution is 2.44. The summed E-state index contributed by atoms with van der Waals surface area (Å²) in [5, 5.41) is 3.81. The molecule has 2 aliphatic carbocycles. The molecule has 2 nitrogen and oxygen atoms in total. The van der Waals surface area contributed by atoms with E-state index >= 15 is 0 Å². The van der Waals surface area contributed by atoms with Crippen molar-refractivity contribution in [2.75, 3.05) is 13.1 Å². The SMILES string of the molecule is NCC(CNC(C1CC1)C1CC1)c1ccccc1. The zero-order valence-electron chi connectivity index (χ0n) is 11.0. The van der Waals surface area contributed by atoms with Crippen LogP contribution in [-0.2, 0) is 0 Å². The average Bonchev–Trinajstić information content (AvgIpc) is 3.29. The minimum atomic E-state index is 0.464. The first-order chi connectivity index (χ1) is 8.88. The monoisotopic (exact) mass is 244 g/mol. The summed E-state index contributed by atoms with van der Waals surface area (Å²) in [6, 6.07) is 11.5. The molecule has 0 amide bonds. The summed E-state index contributed by atoms with van der Waals surface area (Å²) in [6.07, 6.45) is 5.75. The highest BCUT2D eigenvalue weighted by molar-refractivity contribution is 5.20. The molecule has 0 saturated heterocycles. The zero-order chi connectivity index (χ0) is 12.4. The lowest BCUT2D eigenvalue weighted by molar-refractivity contribution is 0.402. The number of rotatable bonds is 7. The number of hydrogen-bond acceptors (Lipinski definition) is 2. The summed E-state index contributed by atoms with van der Waals surface area (Å²) in [5.41, 5.74) is 7.31. The molecule has 18 heavy (non-hydrogen) atoms. The van der Waals surface area contributed by atoms with Gasteiger partial charge in [-0.1, -0.05) is 30.3 Å². The molecule has 0 aromatic heterocycles. The molecule has 3 rings (SSSR count). The van der Waals surface area contributed by atoms with Crippen LogP contribution in [0.3, 0.4) is 0 Å². The molecule has 1 aromatic rings. The van der Waals surface area contributed by atoms with Crippen LogP contribution >= 0.6 is 0 Å². The van der Waals surface area contributed by atoms with Gasteiger partial charge in [-0.2, -0.15) is 0 Å². The van der Waals surface area contributed by atoms with Crippen LogP contribution in [-0.4, -0.2) is 19.1 Å². The van der Waals surface area contributed by atoms with Crippen LogP contribution in [0.1, 0.15) is 37.2 Å². The van der Waals surface area contributed by atoms with Gasteiger partial charge in [0.2, 0.25) is 0 Å². The van der Waals surface area contributed by atoms with Crippen molar-refractivity contribution < 1.29 is 0 Å². The van der Waals surface area contributed by atoms with Crippen LogP contribution in [0.5, 0.6) is 0 Å². The molecule has 1 atom stereocenters. The largest absolute Gasteiger partial charge is 0.330 e. The Hall–Kier alpha value is -0.860. The van der Waals surface area contributed by atoms with E-state index in [1.807, 2.05) is 0 Å². The molecule has 2 aliphatic rings. The van der Waals surface area contributed by atoms with Gasteiger partial charge in [-0.05, 0) is 43.1 Å². The Bertz CT molecular complexity index is 356. The van der Waals surface area contributed by atoms with Crippen LogP contribution in [0.15, 0.2) is 30.3 Å². The van der Waals surface area contributed by atoms with Crippen molar-refractivity contribution in [3.05, 3.63) is 35.9 Å². The number of nitrogens with one attached hydrogen (secondary N) is 1. The van der Waals surface area contributed by atoms with Crippen LogP contribution in [0.4, 0.5) is 0 Å². The van der Waals surface area contributed by atoms with Gasteiger partial charge in [-0.25, -0.2) is 0 Å². The van der Waals surface area contributed by atoms with E-state index in [4.69, 9.17) is 5.73 Å². The Morgan fingerprint density at radius 3 is 2.17 bits per heavy atom. The van der Waals surface area contributed by atoms with Gasteiger partial charge in [0.05, 0.1) is 0 Å². The molecule has 1 aromatic carbocycles. The summed E-state index contributed by atoms with van der Waals surface area (Å²) >= 11 is 0. The lowest BCUT2D eigenvalue weighted by Gasteiger charge is -2.22. The van der Waals surface area contributed by atoms with E-state index in [0.717, 1.165) is 31.0 Å². The Morgan fingerprint density at radius 1 is 1.06 bits per heavy atom. The first-order valence-corrected chi connectivity index (χ1v) is 7.37. The Kier molecular flexibility index (Phi) is 3.67. The Morgan fingerprint density at radius 2 is 1.67 bits per heavy atom. The quantitative estimate of drug-likeness (QED) is 0.773. The molecule has 2 fully saturated rings. The Labute approximate surface area is 110 Å². The molecule has 1 unspecified atom stereocenters. The summed E-state index contributed by atoms with van der Waals surface area (Å²) < 4.78 is 0. The molecular formula is C16H24N2. The molecular weight excluding hydrogens is 220 g/mol. The fraction of sp³-hybridized carbons (Fsp3) is 0.625. The Balaban J connectivity index is 1.56. The van der Waals surface area contributed by atoms with Crippen molar-refractivity contribution in [1.82, 2.24) is 5.32 Å². The number of nitrogens with two attached hydrogens (primary N) is 1. The third kappa shape index (κ3) is 2.93. The van der Waals surface area contributed by atoms with Crippen molar-refractivity contribution in [1.29, 1.82) is 0 Å². The summed E-state index contributed by atoms with van der Waals surface area (Å²) in [4.78, 5) is 0. The topological polar surface area (TPSA) is 38.0 Å². The predicted octanol–water partition coefficient (Wildman–Crippen LogP) is 2.51. The average molecular weight is 244 g/mol. The van der Waals surface area contributed by atoms with Gasteiger partial charge in [0, 0.05) is 25.0 Å². The minimum absolute atomic E-state index is 0.464. The lowest BCUT2D eigenvalue weighted by Crippen LogP contribution is -2.37. The van der Waals surface area contributed by atoms with Crippen molar-refractivity contribution in [3.8, 4) is 0 Å². The molecule has 98 valence electrons. The third-order valence-electron chi connectivity index (χ3n) is 4.42. The lowest BCUT2D eigenvalue weighted by atomic mass is 9.98. The van der Waals surface area contributed by atoms with Crippen molar-refractivity contribution in [3.63, 3.8) is 0 Å². The van der Waals surface area contributed by atoms with Gasteiger partial charge in [0.1, 0.15) is 0 Å². The molecule has 2 saturated carbocycles. The van der Waals surface area contributed by atoms with Gasteiger partial charge in [0.15, 0.2) is 0 Å². The molecule has 0 bridgehead atoms. The van der Waals surface area contributed by atoms with E-state index in [1.165, 1.54) is 31.2 Å². The van der Waals surface area contributed by atoms with Crippen molar-refractivity contribution in [2.24, 2.45) is 17.6 Å². The second-order valence-corrected chi connectivity index (χ2v) is 5.95. The minimum Gasteiger partial charge on any atom is -0.330 e. The second kappa shape index (κ2) is 5.41. The number of benzene rings is 1. The highest BCUT2D eigenvalue weighted by atomic mass is 15.0. The second-order valence-electron chi connectivity index (χ2n) is 5.95. The molecule has 0 aliphatic heterocycles. The first-order valence-electron chi connectivity index (χ1n) is 7.37. The van der Waals surface area contributed by atoms with E-state index in [9.17, 15) is 0 Å². The maximum atomic E-state index is 5.93. The van der Waals surface area contributed by atoms with E-state index in [0.29, 0.717) is 5.92 Å². The highest BCUT2D eigenvalue weighted by Gasteiger charge is 2.41. The van der Waals surface area contributed by atoms with E-state index < -0.39 is 0 Å². The van der Waals surface area contributed by atoms with Crippen LogP contribution < -0.4 is 11.1 Å². The van der Waals surface area contributed by atoms with E-state index in [1.54, 1.807) is 0 Å². The van der Waals surface area contributed by atoms with Gasteiger partial charge < -0.3 is 11.1 Å². The molecule has 0 heterocycles. The standard InChI is InChI=1S/C16H24N2/c17-10-15(12-4-2-1-3-5-12)11-18-16(13-6-7-13)14-8-9-14/h1-5,13-16,18H,6-11,17H2. The predicted molar refractivity (Wildman–Crippen MR) is 75.5 cm³/mol. The van der Waals surface area contributed by atoms with Gasteiger partial charge in [0.25, 0.3) is 0 Å². The van der Waals surface area contributed by atoms with Crippen molar-refractivity contribution in [2.45, 2.75) is 37.6 Å². The molecule has 2 heteroatoms. The maximum Gasteiger partial charge on any atom is 0.0124 e. The molecule has 3 N–H and O–H groups in total. The first kappa shape index (κ1) is 12.2. The van der Waals surface area contributed by atoms with Gasteiger partial charge in [-0.3, -0.25) is 0 Å². The third-order valence-corrected chi connectivity index (χ3v) is 4.42. The van der Waals surface area contributed by atoms with E-state index in [2.05, 4.69) is 35.6 Å². The van der Waals surface area contributed by atoms with E-state index in [-0.39, 0.29) is 0 Å². The van der Waals surface area contributed by atoms with Gasteiger partial charge in [-0.15, -0.1) is 0 Å². The van der Waals surface area contributed by atoms with Crippen LogP contribution in [0.2, 0.25) is 0 Å². The maximum absolute atomic E-state index is 5.93. The van der Waals surface area contributed by atoms with Crippen LogP contribution in [0, 0.1) is 11.8 Å². The smallest absolute Gasteiger partial charge is 0.0124 e. The van der Waals surface area contributed by atoms with Gasteiger partial charge >= 0.3 is 0 Å². The molecule has 0 spiro atoms. The molecule has 0 radical (unpaired) electrons. The summed E-state index contributed by atoms with van der Waals surface area (Å²) in [6.45, 7) is 1.78. The van der Waals surface area contributed by atoms with Crippen LogP contribution in [0.25, 0.3) is 0 Å². The fourth-order valence-corrected chi connectivity index (χ4v) is 2.97. The number of hydrogen-bond donors (Lipinski definition) is 2. The summed E-state index contributed by atoms with van der Waals surface area (Å²) in [7, 11) is 0. The fourth-order valence-electron chi connectivity index (χ4n) is 2.97. The summed E-state index contributed by atoms with van der Waals surface area (Å²) in [5.74, 6) is 2.39. The normalized spacial score (nSPS) is 21.2. The van der Waals surface area contributed by atoms with Crippen molar-refractivity contribution >= 4 is 0 Å².